The molecule has 1 saturated heterocycles. The lowest BCUT2D eigenvalue weighted by Crippen LogP contribution is -2.54. The van der Waals surface area contributed by atoms with E-state index < -0.39 is 17.8 Å². The van der Waals surface area contributed by atoms with Gasteiger partial charge in [-0.05, 0) is 66.4 Å². The van der Waals surface area contributed by atoms with Crippen molar-refractivity contribution in [3.63, 3.8) is 0 Å². The predicted octanol–water partition coefficient (Wildman–Crippen LogP) is 4.88. The van der Waals surface area contributed by atoms with Gasteiger partial charge < -0.3 is 4.90 Å². The van der Waals surface area contributed by atoms with E-state index in [1.165, 1.54) is 0 Å². The van der Waals surface area contributed by atoms with Gasteiger partial charge in [-0.1, -0.05) is 53.6 Å². The van der Waals surface area contributed by atoms with Crippen molar-refractivity contribution < 1.29 is 14.4 Å². The first-order valence-electron chi connectivity index (χ1n) is 11.0. The Hall–Kier alpha value is -3.90. The molecule has 7 heteroatoms. The highest BCUT2D eigenvalue weighted by molar-refractivity contribution is 6.39. The molecule has 3 aromatic rings. The maximum absolute atomic E-state index is 13.1. The normalized spacial score (nSPS) is 16.8. The second-order valence-corrected chi connectivity index (χ2v) is 8.85. The highest BCUT2D eigenvalue weighted by Gasteiger charge is 2.36. The molecule has 6 nitrogen and oxygen atoms in total. The van der Waals surface area contributed by atoms with Crippen molar-refractivity contribution in [2.45, 2.75) is 19.9 Å². The van der Waals surface area contributed by atoms with Crippen molar-refractivity contribution >= 4 is 46.9 Å². The zero-order valence-corrected chi connectivity index (χ0v) is 19.3. The number of nitrogens with zero attached hydrogens (tertiary/aromatic N) is 2. The van der Waals surface area contributed by atoms with E-state index in [2.05, 4.69) is 10.2 Å². The summed E-state index contributed by atoms with van der Waals surface area (Å²) < 4.78 is 0. The lowest BCUT2D eigenvalue weighted by molar-refractivity contribution is -0.122. The van der Waals surface area contributed by atoms with Crippen molar-refractivity contribution in [1.82, 2.24) is 5.32 Å². The van der Waals surface area contributed by atoms with Gasteiger partial charge in [-0.25, -0.2) is 9.69 Å². The van der Waals surface area contributed by atoms with Gasteiger partial charge in [0, 0.05) is 23.8 Å². The van der Waals surface area contributed by atoms with Crippen LogP contribution in [0.25, 0.3) is 6.08 Å². The van der Waals surface area contributed by atoms with Crippen LogP contribution in [0.2, 0.25) is 5.02 Å². The Kier molecular flexibility index (Phi) is 5.67. The Balaban J connectivity index is 1.41. The second-order valence-electron chi connectivity index (χ2n) is 8.44. The SMILES string of the molecule is Cc1ccc(N2C(=O)NC(=O)C(=Cc3ccc4c(c3)CCN4Cc3ccccc3Cl)C2=O)cc1. The van der Waals surface area contributed by atoms with Crippen LogP contribution >= 0.6 is 11.6 Å². The lowest BCUT2D eigenvalue weighted by atomic mass is 10.0. The van der Waals surface area contributed by atoms with Gasteiger partial charge >= 0.3 is 6.03 Å². The molecule has 0 atom stereocenters. The molecule has 34 heavy (non-hydrogen) atoms. The number of hydrogen-bond acceptors (Lipinski definition) is 4. The number of fused-ring (bicyclic) bond motifs is 1. The van der Waals surface area contributed by atoms with Gasteiger partial charge in [0.2, 0.25) is 0 Å². The molecule has 0 aromatic heterocycles. The molecule has 2 heterocycles. The summed E-state index contributed by atoms with van der Waals surface area (Å²) >= 11 is 6.33. The minimum absolute atomic E-state index is 0.0777. The molecule has 0 spiro atoms. The third kappa shape index (κ3) is 4.08. The van der Waals surface area contributed by atoms with Crippen LogP contribution in [0.3, 0.4) is 0 Å². The number of urea groups is 1. The largest absolute Gasteiger partial charge is 0.367 e. The Morgan fingerprint density at radius 2 is 1.76 bits per heavy atom. The quantitative estimate of drug-likeness (QED) is 0.435. The van der Waals surface area contributed by atoms with Crippen LogP contribution in [0.4, 0.5) is 16.2 Å². The van der Waals surface area contributed by atoms with Gasteiger partial charge in [-0.15, -0.1) is 0 Å². The fourth-order valence-electron chi connectivity index (χ4n) is 4.33. The van der Waals surface area contributed by atoms with E-state index in [-0.39, 0.29) is 5.57 Å². The van der Waals surface area contributed by atoms with Crippen molar-refractivity contribution in [1.29, 1.82) is 0 Å². The van der Waals surface area contributed by atoms with E-state index in [1.54, 1.807) is 18.2 Å². The van der Waals surface area contributed by atoms with Gasteiger partial charge in [-0.2, -0.15) is 0 Å². The Morgan fingerprint density at radius 3 is 2.53 bits per heavy atom. The zero-order valence-electron chi connectivity index (χ0n) is 18.5. The molecule has 5 rings (SSSR count). The van der Waals surface area contributed by atoms with Gasteiger partial charge in [0.1, 0.15) is 5.57 Å². The van der Waals surface area contributed by atoms with Crippen LogP contribution in [-0.2, 0) is 22.6 Å². The second kappa shape index (κ2) is 8.80. The van der Waals surface area contributed by atoms with Crippen molar-refractivity contribution in [2.75, 3.05) is 16.3 Å². The van der Waals surface area contributed by atoms with Gasteiger partial charge in [-0.3, -0.25) is 14.9 Å². The van der Waals surface area contributed by atoms with Gasteiger partial charge in [0.25, 0.3) is 11.8 Å². The number of anilines is 2. The minimum atomic E-state index is -0.750. The Bertz CT molecular complexity index is 1350. The Morgan fingerprint density at radius 1 is 1.00 bits per heavy atom. The lowest BCUT2D eigenvalue weighted by Gasteiger charge is -2.26. The van der Waals surface area contributed by atoms with Crippen LogP contribution < -0.4 is 15.1 Å². The van der Waals surface area contributed by atoms with Crippen molar-refractivity contribution in [3.8, 4) is 0 Å². The molecule has 2 aliphatic heterocycles. The molecule has 1 N–H and O–H groups in total. The molecule has 3 aromatic carbocycles. The van der Waals surface area contributed by atoms with Gasteiger partial charge in [0.05, 0.1) is 5.69 Å². The molecule has 2 aliphatic rings. The summed E-state index contributed by atoms with van der Waals surface area (Å²) in [6.45, 7) is 3.48. The number of carbonyl (C=O) groups excluding carboxylic acids is 3. The molecule has 0 unspecified atom stereocenters. The maximum Gasteiger partial charge on any atom is 0.335 e. The fourth-order valence-corrected chi connectivity index (χ4v) is 4.52. The first kappa shape index (κ1) is 21.9. The summed E-state index contributed by atoms with van der Waals surface area (Å²) in [7, 11) is 0. The number of imide groups is 2. The molecule has 0 aliphatic carbocycles. The summed E-state index contributed by atoms with van der Waals surface area (Å²) in [6, 6.07) is 19.9. The molecular weight excluding hydrogens is 450 g/mol. The predicted molar refractivity (Wildman–Crippen MR) is 133 cm³/mol. The van der Waals surface area contributed by atoms with E-state index in [4.69, 9.17) is 11.6 Å². The number of nitrogens with one attached hydrogen (secondary N) is 1. The third-order valence-electron chi connectivity index (χ3n) is 6.12. The van der Waals surface area contributed by atoms with E-state index in [0.29, 0.717) is 12.2 Å². The molecular formula is C27H22ClN3O3. The average molecular weight is 472 g/mol. The summed E-state index contributed by atoms with van der Waals surface area (Å²) in [5.74, 6) is -1.34. The molecule has 0 bridgehead atoms. The van der Waals surface area contributed by atoms with E-state index >= 15 is 0 Å². The number of rotatable bonds is 4. The van der Waals surface area contributed by atoms with Crippen LogP contribution in [0.15, 0.2) is 72.3 Å². The maximum atomic E-state index is 13.1. The number of benzene rings is 3. The molecule has 0 radical (unpaired) electrons. The first-order chi connectivity index (χ1) is 16.4. The number of barbiturate groups is 1. The third-order valence-corrected chi connectivity index (χ3v) is 6.49. The summed E-state index contributed by atoms with van der Waals surface area (Å²) in [5, 5.41) is 3.02. The van der Waals surface area contributed by atoms with Crippen molar-refractivity contribution in [3.05, 3.63) is 99.6 Å². The van der Waals surface area contributed by atoms with E-state index in [9.17, 15) is 14.4 Å². The summed E-state index contributed by atoms with van der Waals surface area (Å²) in [6.07, 6.45) is 2.40. The number of aryl methyl sites for hydroxylation is 1. The number of halogens is 1. The standard InChI is InChI=1S/C27H22ClN3O3/c1-17-6-9-21(10-7-17)31-26(33)22(25(32)29-27(31)34)15-18-8-11-24-19(14-18)12-13-30(24)16-20-4-2-3-5-23(20)28/h2-11,14-15H,12-13,16H2,1H3,(H,29,32,34). The topological polar surface area (TPSA) is 69.7 Å². The summed E-state index contributed by atoms with van der Waals surface area (Å²) in [4.78, 5) is 41.3. The zero-order chi connectivity index (χ0) is 23.8. The molecule has 170 valence electrons. The Labute approximate surface area is 202 Å². The molecule has 0 saturated carbocycles. The molecule has 1 fully saturated rings. The van der Waals surface area contributed by atoms with E-state index in [1.807, 2.05) is 61.5 Å². The van der Waals surface area contributed by atoms with Crippen LogP contribution in [0.5, 0.6) is 0 Å². The number of carbonyl (C=O) groups is 3. The smallest absolute Gasteiger partial charge is 0.335 e. The fraction of sp³-hybridized carbons (Fsp3) is 0.148. The van der Waals surface area contributed by atoms with E-state index in [0.717, 1.165) is 50.8 Å². The number of hydrogen-bond donors (Lipinski definition) is 1. The van der Waals surface area contributed by atoms with Crippen LogP contribution in [0.1, 0.15) is 22.3 Å². The van der Waals surface area contributed by atoms with Gasteiger partial charge in [0.15, 0.2) is 0 Å². The first-order valence-corrected chi connectivity index (χ1v) is 11.4. The van der Waals surface area contributed by atoms with Crippen LogP contribution in [-0.4, -0.2) is 24.4 Å². The highest BCUT2D eigenvalue weighted by atomic mass is 35.5. The highest BCUT2D eigenvalue weighted by Crippen LogP contribution is 2.32. The average Bonchev–Trinajstić information content (AvgIpc) is 3.21. The molecule has 4 amide bonds. The number of amides is 4. The summed E-state index contributed by atoms with van der Waals surface area (Å²) in [5.41, 5.74) is 5.38. The van der Waals surface area contributed by atoms with Crippen LogP contribution in [0, 0.1) is 6.92 Å². The minimum Gasteiger partial charge on any atom is -0.367 e. The van der Waals surface area contributed by atoms with Crippen molar-refractivity contribution in [2.24, 2.45) is 0 Å². The monoisotopic (exact) mass is 471 g/mol.